The van der Waals surface area contributed by atoms with Crippen LogP contribution in [0.2, 0.25) is 0 Å². The number of amides is 1. The van der Waals surface area contributed by atoms with Gasteiger partial charge in [-0.15, -0.1) is 11.8 Å². The van der Waals surface area contributed by atoms with Crippen molar-refractivity contribution in [1.29, 1.82) is 0 Å². The molecule has 2 unspecified atom stereocenters. The summed E-state index contributed by atoms with van der Waals surface area (Å²) in [4.78, 5) is 19.8. The highest BCUT2D eigenvalue weighted by Gasteiger charge is 2.35. The van der Waals surface area contributed by atoms with Crippen LogP contribution in [0, 0.1) is 0 Å². The number of benzene rings is 1. The molecule has 1 aromatic carbocycles. The van der Waals surface area contributed by atoms with Gasteiger partial charge < -0.3 is 14.7 Å². The average Bonchev–Trinajstić information content (AvgIpc) is 3.21. The Morgan fingerprint density at radius 3 is 3.08 bits per heavy atom. The summed E-state index contributed by atoms with van der Waals surface area (Å²) in [6, 6.07) is 8.31. The van der Waals surface area contributed by atoms with Crippen LogP contribution in [-0.4, -0.2) is 41.9 Å². The molecule has 24 heavy (non-hydrogen) atoms. The molecule has 1 amide bonds. The summed E-state index contributed by atoms with van der Waals surface area (Å²) in [6.45, 7) is 2.65. The maximum absolute atomic E-state index is 12.4. The molecule has 3 rings (SSSR count). The van der Waals surface area contributed by atoms with E-state index in [0.717, 1.165) is 10.6 Å². The monoisotopic (exact) mass is 346 g/mol. The molecule has 1 fully saturated rings. The molecule has 1 aliphatic heterocycles. The van der Waals surface area contributed by atoms with Gasteiger partial charge >= 0.3 is 0 Å². The van der Waals surface area contributed by atoms with Crippen LogP contribution >= 0.6 is 11.8 Å². The van der Waals surface area contributed by atoms with Crippen LogP contribution in [0.25, 0.3) is 0 Å². The first-order valence-electron chi connectivity index (χ1n) is 8.05. The van der Waals surface area contributed by atoms with Gasteiger partial charge in [0.15, 0.2) is 5.82 Å². The van der Waals surface area contributed by atoms with Gasteiger partial charge in [0.05, 0.1) is 5.92 Å². The highest BCUT2D eigenvalue weighted by molar-refractivity contribution is 7.98. The van der Waals surface area contributed by atoms with Crippen LogP contribution in [-0.2, 0) is 11.2 Å². The minimum absolute atomic E-state index is 0.0402. The van der Waals surface area contributed by atoms with Crippen molar-refractivity contribution >= 4 is 23.4 Å². The summed E-state index contributed by atoms with van der Waals surface area (Å²) in [6.07, 6.45) is 3.15. The van der Waals surface area contributed by atoms with Crippen LogP contribution in [0.15, 0.2) is 33.7 Å². The average molecular weight is 346 g/mol. The summed E-state index contributed by atoms with van der Waals surface area (Å²) in [5.74, 6) is 1.30. The molecule has 0 aliphatic carbocycles. The molecule has 7 heteroatoms. The van der Waals surface area contributed by atoms with E-state index in [1.54, 1.807) is 11.8 Å². The van der Waals surface area contributed by atoms with Crippen molar-refractivity contribution < 1.29 is 9.32 Å². The Hall–Kier alpha value is -1.86. The Labute approximate surface area is 146 Å². The predicted molar refractivity (Wildman–Crippen MR) is 94.5 cm³/mol. The van der Waals surface area contributed by atoms with Gasteiger partial charge in [-0.1, -0.05) is 11.2 Å². The fourth-order valence-corrected chi connectivity index (χ4v) is 3.25. The molecule has 1 saturated heterocycles. The van der Waals surface area contributed by atoms with E-state index >= 15 is 0 Å². The number of nitrogens with one attached hydrogen (secondary N) is 1. The summed E-state index contributed by atoms with van der Waals surface area (Å²) in [7, 11) is 1.90. The molecule has 2 heterocycles. The fraction of sp³-hybridized carbons (Fsp3) is 0.471. The molecule has 2 atom stereocenters. The number of hydrogen-bond donors (Lipinski definition) is 1. The number of hydrogen-bond acceptors (Lipinski definition) is 6. The van der Waals surface area contributed by atoms with E-state index in [1.807, 2.05) is 42.5 Å². The largest absolute Gasteiger partial charge is 0.339 e. The smallest absolute Gasteiger partial charge is 0.232 e. The molecule has 128 valence electrons. The standard InChI is InChI=1S/C17H22N4O2S/c1-11(18-2)7-15-19-17(23-20-15)12-8-16(22)21(10-12)13-5-4-6-14(9-13)24-3/h4-6,9,11-12,18H,7-8,10H2,1-3H3. The van der Waals surface area contributed by atoms with Gasteiger partial charge in [-0.05, 0) is 38.4 Å². The number of carbonyl (C=O) groups is 1. The summed E-state index contributed by atoms with van der Waals surface area (Å²) >= 11 is 1.67. The summed E-state index contributed by atoms with van der Waals surface area (Å²) in [5.41, 5.74) is 0.929. The molecule has 0 radical (unpaired) electrons. The molecular formula is C17H22N4O2S. The molecule has 1 aromatic heterocycles. The van der Waals surface area contributed by atoms with Crippen LogP contribution in [0.5, 0.6) is 0 Å². The fourth-order valence-electron chi connectivity index (χ4n) is 2.79. The van der Waals surface area contributed by atoms with Crippen LogP contribution in [0.3, 0.4) is 0 Å². The van der Waals surface area contributed by atoms with Gasteiger partial charge in [-0.25, -0.2) is 0 Å². The lowest BCUT2D eigenvalue weighted by Gasteiger charge is -2.16. The van der Waals surface area contributed by atoms with Gasteiger partial charge in [0, 0.05) is 36.0 Å². The normalized spacial score (nSPS) is 19.0. The first-order valence-corrected chi connectivity index (χ1v) is 9.27. The molecule has 6 nitrogen and oxygen atoms in total. The molecule has 1 N–H and O–H groups in total. The Kier molecular flexibility index (Phi) is 5.20. The predicted octanol–water partition coefficient (Wildman–Crippen LogP) is 2.46. The maximum atomic E-state index is 12.4. The van der Waals surface area contributed by atoms with Gasteiger partial charge in [0.25, 0.3) is 0 Å². The van der Waals surface area contributed by atoms with Crippen molar-refractivity contribution in [3.8, 4) is 0 Å². The number of thioether (sulfide) groups is 1. The van der Waals surface area contributed by atoms with Gasteiger partial charge in [-0.2, -0.15) is 4.98 Å². The van der Waals surface area contributed by atoms with Crippen molar-refractivity contribution in [2.24, 2.45) is 0 Å². The lowest BCUT2D eigenvalue weighted by molar-refractivity contribution is -0.117. The molecule has 0 bridgehead atoms. The second-order valence-electron chi connectivity index (χ2n) is 6.05. The van der Waals surface area contributed by atoms with Crippen LogP contribution < -0.4 is 10.2 Å². The quantitative estimate of drug-likeness (QED) is 0.810. The number of aromatic nitrogens is 2. The van der Waals surface area contributed by atoms with Crippen LogP contribution in [0.1, 0.15) is 31.0 Å². The van der Waals surface area contributed by atoms with E-state index < -0.39 is 0 Å². The number of nitrogens with zero attached hydrogens (tertiary/aromatic N) is 3. The minimum Gasteiger partial charge on any atom is -0.339 e. The Morgan fingerprint density at radius 1 is 1.50 bits per heavy atom. The zero-order chi connectivity index (χ0) is 17.1. The first kappa shape index (κ1) is 17.0. The van der Waals surface area contributed by atoms with Crippen molar-refractivity contribution in [3.63, 3.8) is 0 Å². The number of anilines is 1. The van der Waals surface area contributed by atoms with E-state index in [1.165, 1.54) is 0 Å². The maximum Gasteiger partial charge on any atom is 0.232 e. The molecule has 0 spiro atoms. The van der Waals surface area contributed by atoms with Gasteiger partial charge in [-0.3, -0.25) is 4.79 Å². The van der Waals surface area contributed by atoms with Gasteiger partial charge in [0.2, 0.25) is 11.8 Å². The number of rotatable bonds is 6. The Balaban J connectivity index is 1.72. The van der Waals surface area contributed by atoms with E-state index in [9.17, 15) is 4.79 Å². The van der Waals surface area contributed by atoms with Crippen molar-refractivity contribution in [2.45, 2.75) is 36.6 Å². The zero-order valence-corrected chi connectivity index (χ0v) is 15.0. The highest BCUT2D eigenvalue weighted by atomic mass is 32.2. The second kappa shape index (κ2) is 7.36. The summed E-state index contributed by atoms with van der Waals surface area (Å²) in [5, 5.41) is 7.19. The van der Waals surface area contributed by atoms with Crippen molar-refractivity contribution in [2.75, 3.05) is 24.7 Å². The Bertz CT molecular complexity index is 718. The third-order valence-electron chi connectivity index (χ3n) is 4.30. The topological polar surface area (TPSA) is 71.3 Å². The SMILES string of the molecule is CNC(C)Cc1noc(C2CC(=O)N(c3cccc(SC)c3)C2)n1. The highest BCUT2D eigenvalue weighted by Crippen LogP contribution is 2.32. The number of carbonyl (C=O) groups excluding carboxylic acids is 1. The van der Waals surface area contributed by atoms with E-state index in [4.69, 9.17) is 4.52 Å². The third-order valence-corrected chi connectivity index (χ3v) is 5.03. The zero-order valence-electron chi connectivity index (χ0n) is 14.2. The Morgan fingerprint density at radius 2 is 2.33 bits per heavy atom. The van der Waals surface area contributed by atoms with Gasteiger partial charge in [0.1, 0.15) is 0 Å². The lowest BCUT2D eigenvalue weighted by atomic mass is 10.1. The lowest BCUT2D eigenvalue weighted by Crippen LogP contribution is -2.24. The minimum atomic E-state index is -0.0402. The van der Waals surface area contributed by atoms with Crippen molar-refractivity contribution in [1.82, 2.24) is 15.5 Å². The molecular weight excluding hydrogens is 324 g/mol. The van der Waals surface area contributed by atoms with Crippen LogP contribution in [0.4, 0.5) is 5.69 Å². The first-order chi connectivity index (χ1) is 11.6. The molecule has 2 aromatic rings. The van der Waals surface area contributed by atoms with E-state index in [-0.39, 0.29) is 17.9 Å². The number of likely N-dealkylation sites (N-methyl/N-ethyl adjacent to an activating group) is 1. The van der Waals surface area contributed by atoms with E-state index in [0.29, 0.717) is 31.1 Å². The second-order valence-corrected chi connectivity index (χ2v) is 6.93. The molecule has 1 aliphatic rings. The third kappa shape index (κ3) is 3.62. The van der Waals surface area contributed by atoms with Crippen molar-refractivity contribution in [3.05, 3.63) is 36.0 Å². The molecule has 0 saturated carbocycles. The van der Waals surface area contributed by atoms with E-state index in [2.05, 4.69) is 22.4 Å². The summed E-state index contributed by atoms with van der Waals surface area (Å²) < 4.78 is 5.40.